The van der Waals surface area contributed by atoms with Crippen molar-refractivity contribution in [1.29, 1.82) is 0 Å². The van der Waals surface area contributed by atoms with Crippen molar-refractivity contribution in [2.75, 3.05) is 19.6 Å². The summed E-state index contributed by atoms with van der Waals surface area (Å²) in [4.78, 5) is 2.45. The van der Waals surface area contributed by atoms with E-state index >= 15 is 0 Å². The number of nitrogens with zero attached hydrogens (tertiary/aromatic N) is 1. The molecule has 0 saturated carbocycles. The van der Waals surface area contributed by atoms with Crippen LogP contribution >= 0.6 is 0 Å². The summed E-state index contributed by atoms with van der Waals surface area (Å²) in [7, 11) is 0. The fourth-order valence-corrected chi connectivity index (χ4v) is 2.80. The van der Waals surface area contributed by atoms with E-state index in [1.807, 2.05) is 6.07 Å². The standard InChI is InChI=1S/C17H27FN2/c1-13(2)19-11-15-6-8-20(9-7-15)12-16-10-17(18)5-4-14(16)3/h4-5,10,13,15,19H,6-9,11-12H2,1-3H3. The first kappa shape index (κ1) is 15.5. The van der Waals surface area contributed by atoms with Gasteiger partial charge in [0.15, 0.2) is 0 Å². The third-order valence-corrected chi connectivity index (χ3v) is 4.23. The highest BCUT2D eigenvalue weighted by Gasteiger charge is 2.19. The Hall–Kier alpha value is -0.930. The Balaban J connectivity index is 1.81. The van der Waals surface area contributed by atoms with Crippen LogP contribution < -0.4 is 5.32 Å². The van der Waals surface area contributed by atoms with Crippen LogP contribution in [-0.4, -0.2) is 30.6 Å². The molecule has 3 heteroatoms. The van der Waals surface area contributed by atoms with Gasteiger partial charge in [0.25, 0.3) is 0 Å². The van der Waals surface area contributed by atoms with E-state index in [1.165, 1.54) is 18.4 Å². The van der Waals surface area contributed by atoms with Crippen molar-refractivity contribution in [1.82, 2.24) is 10.2 Å². The van der Waals surface area contributed by atoms with Crippen LogP contribution in [0.3, 0.4) is 0 Å². The number of aryl methyl sites for hydroxylation is 1. The van der Waals surface area contributed by atoms with Gasteiger partial charge < -0.3 is 5.32 Å². The van der Waals surface area contributed by atoms with E-state index in [9.17, 15) is 4.39 Å². The zero-order valence-corrected chi connectivity index (χ0v) is 13.0. The van der Waals surface area contributed by atoms with Crippen molar-refractivity contribution in [2.45, 2.75) is 46.2 Å². The molecule has 0 aromatic heterocycles. The summed E-state index contributed by atoms with van der Waals surface area (Å²) in [5.41, 5.74) is 2.32. The van der Waals surface area contributed by atoms with Crippen molar-refractivity contribution in [3.63, 3.8) is 0 Å². The van der Waals surface area contributed by atoms with Gasteiger partial charge in [0.2, 0.25) is 0 Å². The number of rotatable bonds is 5. The molecule has 1 heterocycles. The van der Waals surface area contributed by atoms with Gasteiger partial charge in [-0.05, 0) is 68.6 Å². The third kappa shape index (κ3) is 4.57. The van der Waals surface area contributed by atoms with Gasteiger partial charge in [-0.3, -0.25) is 4.90 Å². The Morgan fingerprint density at radius 2 is 2.00 bits per heavy atom. The molecule has 20 heavy (non-hydrogen) atoms. The highest BCUT2D eigenvalue weighted by atomic mass is 19.1. The summed E-state index contributed by atoms with van der Waals surface area (Å²) >= 11 is 0. The minimum absolute atomic E-state index is 0.124. The fourth-order valence-electron chi connectivity index (χ4n) is 2.80. The number of hydrogen-bond donors (Lipinski definition) is 1. The molecular formula is C17H27FN2. The Labute approximate surface area is 122 Å². The second kappa shape index (κ2) is 7.19. The fraction of sp³-hybridized carbons (Fsp3) is 0.647. The number of benzene rings is 1. The van der Waals surface area contributed by atoms with Gasteiger partial charge in [-0.15, -0.1) is 0 Å². The molecule has 2 rings (SSSR count). The summed E-state index contributed by atoms with van der Waals surface area (Å²) in [6, 6.07) is 5.68. The van der Waals surface area contributed by atoms with Gasteiger partial charge in [-0.25, -0.2) is 4.39 Å². The van der Waals surface area contributed by atoms with Crippen LogP contribution in [0.15, 0.2) is 18.2 Å². The van der Waals surface area contributed by atoms with Crippen LogP contribution in [0, 0.1) is 18.7 Å². The molecule has 0 aliphatic carbocycles. The van der Waals surface area contributed by atoms with E-state index in [1.54, 1.807) is 12.1 Å². The quantitative estimate of drug-likeness (QED) is 0.888. The van der Waals surface area contributed by atoms with Crippen molar-refractivity contribution in [3.8, 4) is 0 Å². The predicted molar refractivity (Wildman–Crippen MR) is 82.3 cm³/mol. The average molecular weight is 278 g/mol. The van der Waals surface area contributed by atoms with Gasteiger partial charge in [0, 0.05) is 12.6 Å². The van der Waals surface area contributed by atoms with Crippen LogP contribution in [0.2, 0.25) is 0 Å². The van der Waals surface area contributed by atoms with E-state index in [0.717, 1.165) is 37.7 Å². The third-order valence-electron chi connectivity index (χ3n) is 4.23. The highest BCUT2D eigenvalue weighted by Crippen LogP contribution is 2.20. The molecular weight excluding hydrogens is 251 g/mol. The van der Waals surface area contributed by atoms with E-state index in [2.05, 4.69) is 31.0 Å². The van der Waals surface area contributed by atoms with Gasteiger partial charge in [0.05, 0.1) is 0 Å². The van der Waals surface area contributed by atoms with Crippen molar-refractivity contribution >= 4 is 0 Å². The smallest absolute Gasteiger partial charge is 0.123 e. The van der Waals surface area contributed by atoms with Crippen LogP contribution in [0.5, 0.6) is 0 Å². The van der Waals surface area contributed by atoms with Crippen LogP contribution in [0.4, 0.5) is 4.39 Å². The van der Waals surface area contributed by atoms with Crippen LogP contribution in [-0.2, 0) is 6.54 Å². The molecule has 112 valence electrons. The topological polar surface area (TPSA) is 15.3 Å². The number of halogens is 1. The Kier molecular flexibility index (Phi) is 5.55. The Bertz CT molecular complexity index is 423. The first-order valence-electron chi connectivity index (χ1n) is 7.75. The van der Waals surface area contributed by atoms with Crippen LogP contribution in [0.25, 0.3) is 0 Å². The molecule has 0 atom stereocenters. The van der Waals surface area contributed by atoms with Crippen molar-refractivity contribution in [2.24, 2.45) is 5.92 Å². The zero-order chi connectivity index (χ0) is 14.5. The summed E-state index contributed by atoms with van der Waals surface area (Å²) in [5.74, 6) is 0.670. The van der Waals surface area contributed by atoms with Crippen molar-refractivity contribution < 1.29 is 4.39 Å². The summed E-state index contributed by atoms with van der Waals surface area (Å²) < 4.78 is 13.3. The number of likely N-dealkylation sites (tertiary alicyclic amines) is 1. The lowest BCUT2D eigenvalue weighted by Gasteiger charge is -2.32. The zero-order valence-electron chi connectivity index (χ0n) is 13.0. The molecule has 2 nitrogen and oxygen atoms in total. The minimum Gasteiger partial charge on any atom is -0.314 e. The predicted octanol–water partition coefficient (Wildman–Crippen LogP) is 3.34. The monoisotopic (exact) mass is 278 g/mol. The number of hydrogen-bond acceptors (Lipinski definition) is 2. The largest absolute Gasteiger partial charge is 0.314 e. The van der Waals surface area contributed by atoms with Gasteiger partial charge in [-0.1, -0.05) is 19.9 Å². The van der Waals surface area contributed by atoms with Gasteiger partial charge in [-0.2, -0.15) is 0 Å². The summed E-state index contributed by atoms with van der Waals surface area (Å²) in [5, 5.41) is 3.53. The molecule has 0 amide bonds. The molecule has 1 aromatic carbocycles. The van der Waals surface area contributed by atoms with Gasteiger partial charge >= 0.3 is 0 Å². The SMILES string of the molecule is Cc1ccc(F)cc1CN1CCC(CNC(C)C)CC1. The number of nitrogens with one attached hydrogen (secondary N) is 1. The first-order valence-corrected chi connectivity index (χ1v) is 7.75. The minimum atomic E-state index is -0.124. The van der Waals surface area contributed by atoms with E-state index in [-0.39, 0.29) is 5.82 Å². The molecule has 0 unspecified atom stereocenters. The second-order valence-corrected chi connectivity index (χ2v) is 6.35. The van der Waals surface area contributed by atoms with E-state index in [0.29, 0.717) is 6.04 Å². The summed E-state index contributed by atoms with van der Waals surface area (Å²) in [6.07, 6.45) is 2.49. The summed E-state index contributed by atoms with van der Waals surface area (Å²) in [6.45, 7) is 10.7. The van der Waals surface area contributed by atoms with Gasteiger partial charge in [0.1, 0.15) is 5.82 Å². The molecule has 0 spiro atoms. The second-order valence-electron chi connectivity index (χ2n) is 6.35. The lowest BCUT2D eigenvalue weighted by atomic mass is 9.96. The molecule has 0 radical (unpaired) electrons. The van der Waals surface area contributed by atoms with Crippen molar-refractivity contribution in [3.05, 3.63) is 35.1 Å². The lowest BCUT2D eigenvalue weighted by molar-refractivity contribution is 0.173. The molecule has 0 bridgehead atoms. The molecule has 1 saturated heterocycles. The Morgan fingerprint density at radius 3 is 2.65 bits per heavy atom. The van der Waals surface area contributed by atoms with E-state index < -0.39 is 0 Å². The lowest BCUT2D eigenvalue weighted by Crippen LogP contribution is -2.38. The molecule has 1 N–H and O–H groups in total. The molecule has 1 aliphatic rings. The number of piperidine rings is 1. The maximum atomic E-state index is 13.3. The highest BCUT2D eigenvalue weighted by molar-refractivity contribution is 5.26. The normalized spacial score (nSPS) is 17.9. The van der Waals surface area contributed by atoms with E-state index in [4.69, 9.17) is 0 Å². The maximum Gasteiger partial charge on any atom is 0.123 e. The molecule has 1 fully saturated rings. The molecule has 1 aromatic rings. The average Bonchev–Trinajstić information content (AvgIpc) is 2.42. The maximum absolute atomic E-state index is 13.3. The first-order chi connectivity index (χ1) is 9.54. The Morgan fingerprint density at radius 1 is 1.30 bits per heavy atom. The molecule has 1 aliphatic heterocycles. The van der Waals surface area contributed by atoms with Crippen LogP contribution in [0.1, 0.15) is 37.8 Å².